The van der Waals surface area contributed by atoms with Crippen LogP contribution in [0.4, 0.5) is 8.78 Å². The molecule has 4 N–H and O–H groups in total. The lowest BCUT2D eigenvalue weighted by molar-refractivity contribution is -0.110. The molecule has 186 valence electrons. The monoisotopic (exact) mass is 469 g/mol. The summed E-state index contributed by atoms with van der Waals surface area (Å²) >= 11 is 0. The van der Waals surface area contributed by atoms with Gasteiger partial charge in [-0.05, 0) is 26.5 Å². The maximum Gasteiger partial charge on any atom is 0.257 e. The number of nitrogens with one attached hydrogen (secondary N) is 1. The summed E-state index contributed by atoms with van der Waals surface area (Å²) in [6.45, 7) is 11.3. The van der Waals surface area contributed by atoms with Crippen molar-refractivity contribution in [3.63, 3.8) is 0 Å². The predicted octanol–water partition coefficient (Wildman–Crippen LogP) is 3.92. The fourth-order valence-electron chi connectivity index (χ4n) is 2.48. The highest BCUT2D eigenvalue weighted by Gasteiger charge is 2.18. The van der Waals surface area contributed by atoms with Crippen LogP contribution in [0.5, 0.6) is 5.75 Å². The third-order valence-electron chi connectivity index (χ3n) is 4.27. The van der Waals surface area contributed by atoms with Gasteiger partial charge in [0.25, 0.3) is 5.91 Å². The van der Waals surface area contributed by atoms with Crippen molar-refractivity contribution in [2.24, 2.45) is 11.7 Å². The third-order valence-corrected chi connectivity index (χ3v) is 4.27. The lowest BCUT2D eigenvalue weighted by atomic mass is 10.1. The zero-order valence-corrected chi connectivity index (χ0v) is 20.5. The molecule has 1 aromatic heterocycles. The van der Waals surface area contributed by atoms with Gasteiger partial charge in [0.1, 0.15) is 23.5 Å². The number of carbonyl (C=O) groups is 2. The van der Waals surface area contributed by atoms with Crippen LogP contribution in [-0.4, -0.2) is 28.9 Å². The first-order valence-electron chi connectivity index (χ1n) is 10.9. The topological polar surface area (TPSA) is 114 Å². The second-order valence-electron chi connectivity index (χ2n) is 6.32. The normalized spacial score (nSPS) is 10.2. The minimum atomic E-state index is -0.843. The van der Waals surface area contributed by atoms with Crippen LogP contribution in [0, 0.1) is 24.5 Å². The summed E-state index contributed by atoms with van der Waals surface area (Å²) in [5.74, 6) is -3.13. The minimum Gasteiger partial charge on any atom is -0.503 e. The van der Waals surface area contributed by atoms with Gasteiger partial charge in [0.05, 0.1) is 5.69 Å². The van der Waals surface area contributed by atoms with E-state index in [9.17, 15) is 28.3 Å². The third kappa shape index (κ3) is 9.95. The van der Waals surface area contributed by atoms with E-state index in [-0.39, 0.29) is 29.3 Å². The van der Waals surface area contributed by atoms with Crippen molar-refractivity contribution in [1.82, 2.24) is 9.88 Å². The van der Waals surface area contributed by atoms with Crippen LogP contribution >= 0.6 is 0 Å². The van der Waals surface area contributed by atoms with Gasteiger partial charge in [-0.15, -0.1) is 0 Å². The molecule has 0 aliphatic carbocycles. The summed E-state index contributed by atoms with van der Waals surface area (Å²) in [5, 5.41) is 12.4. The molecule has 2 rings (SSSR count). The molecule has 1 heterocycles. The summed E-state index contributed by atoms with van der Waals surface area (Å²) in [6, 6.07) is 2.94. The number of hydrogen-bond donors (Lipinski definition) is 3. The first-order valence-corrected chi connectivity index (χ1v) is 10.9. The molecule has 0 spiro atoms. The van der Waals surface area contributed by atoms with Gasteiger partial charge >= 0.3 is 0 Å². The predicted molar refractivity (Wildman–Crippen MR) is 127 cm³/mol. The summed E-state index contributed by atoms with van der Waals surface area (Å²) in [7, 11) is 1.50. The smallest absolute Gasteiger partial charge is 0.257 e. The van der Waals surface area contributed by atoms with Crippen LogP contribution in [0.1, 0.15) is 62.7 Å². The van der Waals surface area contributed by atoms with Crippen molar-refractivity contribution in [2.45, 2.75) is 61.1 Å². The van der Waals surface area contributed by atoms with E-state index in [1.807, 2.05) is 27.7 Å². The molecule has 7 nitrogen and oxygen atoms in total. The number of nitrogens with two attached hydrogens (primary N) is 1. The number of nitrogens with zero attached hydrogens (tertiary/aromatic N) is 1. The summed E-state index contributed by atoms with van der Waals surface area (Å²) < 4.78 is 28.1. The van der Waals surface area contributed by atoms with Crippen molar-refractivity contribution in [3.8, 4) is 5.75 Å². The Labute approximate surface area is 194 Å². The zero-order chi connectivity index (χ0) is 26.1. The van der Waals surface area contributed by atoms with E-state index >= 15 is 0 Å². The molecule has 1 aromatic carbocycles. The standard InChI is InChI=1S/C19H20F2N2O4.2C2H6.CH5N/c1-11(10-24)5-6-23-9-15(18(26)17(25)12(23)2)19(27)22-8-13-3-4-14(20)7-16(13)21;3*1-2/h3-4,7,9-11,25H,5-6,8H2,1-2H3,(H,22,27);2*1-2H3;2H2,1H3. The fourth-order valence-corrected chi connectivity index (χ4v) is 2.48. The van der Waals surface area contributed by atoms with Gasteiger partial charge in [-0.3, -0.25) is 9.59 Å². The highest BCUT2D eigenvalue weighted by molar-refractivity contribution is 5.94. The van der Waals surface area contributed by atoms with Crippen molar-refractivity contribution in [2.75, 3.05) is 7.05 Å². The minimum absolute atomic E-state index is 0.0567. The SMILES string of the molecule is CC.CC.CN.Cc1c(O)c(=O)c(C(=O)NCc2ccc(F)cc2F)cn1CCC(C)C=O. The van der Waals surface area contributed by atoms with Crippen LogP contribution in [0.15, 0.2) is 29.2 Å². The molecular formula is C24H37F2N3O4. The van der Waals surface area contributed by atoms with Crippen LogP contribution in [-0.2, 0) is 17.9 Å². The van der Waals surface area contributed by atoms with Crippen LogP contribution < -0.4 is 16.5 Å². The van der Waals surface area contributed by atoms with Gasteiger partial charge in [-0.25, -0.2) is 8.78 Å². The summed E-state index contributed by atoms with van der Waals surface area (Å²) in [6.07, 6.45) is 2.56. The number of aldehydes is 1. The Bertz CT molecular complexity index is 931. The van der Waals surface area contributed by atoms with Crippen molar-refractivity contribution < 1.29 is 23.5 Å². The van der Waals surface area contributed by atoms with Gasteiger partial charge in [0, 0.05) is 36.8 Å². The maximum atomic E-state index is 13.6. The van der Waals surface area contributed by atoms with Crippen molar-refractivity contribution >= 4 is 12.2 Å². The zero-order valence-electron chi connectivity index (χ0n) is 20.5. The van der Waals surface area contributed by atoms with E-state index in [0.29, 0.717) is 19.0 Å². The van der Waals surface area contributed by atoms with E-state index < -0.39 is 28.7 Å². The summed E-state index contributed by atoms with van der Waals surface area (Å²) in [4.78, 5) is 35.3. The average molecular weight is 470 g/mol. The van der Waals surface area contributed by atoms with Gasteiger partial charge in [0.2, 0.25) is 5.43 Å². The maximum absolute atomic E-state index is 13.6. The van der Waals surface area contributed by atoms with Crippen molar-refractivity contribution in [1.29, 1.82) is 0 Å². The molecule has 1 amide bonds. The molecule has 0 aliphatic rings. The highest BCUT2D eigenvalue weighted by atomic mass is 19.1. The number of aryl methyl sites for hydroxylation is 1. The number of carbonyl (C=O) groups excluding carboxylic acids is 2. The van der Waals surface area contributed by atoms with E-state index in [0.717, 1.165) is 12.4 Å². The Morgan fingerprint density at radius 3 is 2.30 bits per heavy atom. The Morgan fingerprint density at radius 2 is 1.79 bits per heavy atom. The number of benzene rings is 1. The van der Waals surface area contributed by atoms with Crippen LogP contribution in [0.25, 0.3) is 0 Å². The lowest BCUT2D eigenvalue weighted by Gasteiger charge is -2.15. The van der Waals surface area contributed by atoms with Crippen LogP contribution in [0.2, 0.25) is 0 Å². The summed E-state index contributed by atoms with van der Waals surface area (Å²) in [5.41, 5.74) is 3.68. The molecule has 1 atom stereocenters. The molecule has 1 unspecified atom stereocenters. The first kappa shape index (κ1) is 32.1. The molecule has 0 bridgehead atoms. The Morgan fingerprint density at radius 1 is 1.21 bits per heavy atom. The molecule has 2 aromatic rings. The molecule has 0 saturated carbocycles. The fraction of sp³-hybridized carbons (Fsp3) is 0.458. The van der Waals surface area contributed by atoms with E-state index in [1.165, 1.54) is 30.8 Å². The number of aromatic nitrogens is 1. The highest BCUT2D eigenvalue weighted by Crippen LogP contribution is 2.15. The van der Waals surface area contributed by atoms with E-state index in [1.54, 1.807) is 6.92 Å². The number of pyridine rings is 1. The van der Waals surface area contributed by atoms with Gasteiger partial charge in [-0.1, -0.05) is 40.7 Å². The molecule has 0 aliphatic heterocycles. The molecule has 0 fully saturated rings. The average Bonchev–Trinajstić information content (AvgIpc) is 2.85. The molecule has 33 heavy (non-hydrogen) atoms. The van der Waals surface area contributed by atoms with Gasteiger partial charge in [-0.2, -0.15) is 0 Å². The Hall–Kier alpha value is -3.07. The quantitative estimate of drug-likeness (QED) is 0.532. The Kier molecular flexibility index (Phi) is 17.0. The number of amides is 1. The van der Waals surface area contributed by atoms with Gasteiger partial charge < -0.3 is 25.5 Å². The number of halogens is 2. The number of rotatable bonds is 7. The number of hydrogen-bond acceptors (Lipinski definition) is 5. The van der Waals surface area contributed by atoms with E-state index in [4.69, 9.17) is 0 Å². The first-order chi connectivity index (χ1) is 15.7. The molecule has 9 heteroatoms. The van der Waals surface area contributed by atoms with Crippen molar-refractivity contribution in [3.05, 3.63) is 63.1 Å². The Balaban J connectivity index is 0. The molecule has 0 radical (unpaired) electrons. The van der Waals surface area contributed by atoms with E-state index in [2.05, 4.69) is 11.1 Å². The molecular weight excluding hydrogens is 432 g/mol. The van der Waals surface area contributed by atoms with Crippen LogP contribution in [0.3, 0.4) is 0 Å². The largest absolute Gasteiger partial charge is 0.503 e. The van der Waals surface area contributed by atoms with Gasteiger partial charge in [0.15, 0.2) is 5.75 Å². The molecule has 0 saturated heterocycles. The second kappa shape index (κ2) is 17.5. The lowest BCUT2D eigenvalue weighted by Crippen LogP contribution is -2.30. The number of aromatic hydroxyl groups is 1. The second-order valence-corrected chi connectivity index (χ2v) is 6.32.